The van der Waals surface area contributed by atoms with Crippen LogP contribution >= 0.6 is 0 Å². The van der Waals surface area contributed by atoms with E-state index in [1.807, 2.05) is 41.1 Å². The van der Waals surface area contributed by atoms with Crippen LogP contribution in [0.2, 0.25) is 0 Å². The molecule has 0 radical (unpaired) electrons. The van der Waals surface area contributed by atoms with Crippen molar-refractivity contribution in [2.24, 2.45) is 0 Å². The van der Waals surface area contributed by atoms with E-state index >= 15 is 0 Å². The molecular weight excluding hydrogens is 418 g/mol. The maximum Gasteiger partial charge on any atom is 0.308 e. The first-order chi connectivity index (χ1) is 14.8. The number of hydrogen-bond acceptors (Lipinski definition) is 5. The molecule has 0 atom stereocenters. The van der Waals surface area contributed by atoms with Crippen molar-refractivity contribution in [1.29, 1.82) is 0 Å². The fourth-order valence-corrected chi connectivity index (χ4v) is 4.22. The third-order valence-corrected chi connectivity index (χ3v) is 6.72. The second-order valence-corrected chi connectivity index (χ2v) is 9.27. The lowest BCUT2D eigenvalue weighted by atomic mass is 10.2. The van der Waals surface area contributed by atoms with E-state index in [1.54, 1.807) is 18.2 Å². The summed E-state index contributed by atoms with van der Waals surface area (Å²) < 4.78 is 32.9. The van der Waals surface area contributed by atoms with E-state index < -0.39 is 28.5 Å². The fourth-order valence-electron chi connectivity index (χ4n) is 3.11. The van der Waals surface area contributed by atoms with Crippen molar-refractivity contribution in [1.82, 2.24) is 14.2 Å². The third kappa shape index (κ3) is 5.50. The van der Waals surface area contributed by atoms with Gasteiger partial charge >= 0.3 is 5.97 Å². The number of nitrogens with zero attached hydrogens (tertiary/aromatic N) is 2. The highest BCUT2D eigenvalue weighted by molar-refractivity contribution is 7.89. The monoisotopic (exact) mass is 443 g/mol. The molecule has 9 heteroatoms. The van der Waals surface area contributed by atoms with Gasteiger partial charge in [-0.2, -0.15) is 0 Å². The second kappa shape index (κ2) is 9.76. The number of ether oxygens (including phenoxy) is 1. The highest BCUT2D eigenvalue weighted by Crippen LogP contribution is 2.18. The Morgan fingerprint density at radius 2 is 1.74 bits per heavy atom. The largest absolute Gasteiger partial charge is 0.456 e. The molecule has 0 saturated heterocycles. The van der Waals surface area contributed by atoms with E-state index in [9.17, 15) is 18.0 Å². The number of fused-ring (bicyclic) bond motifs is 1. The molecule has 0 aliphatic carbocycles. The van der Waals surface area contributed by atoms with E-state index in [0.717, 1.165) is 15.2 Å². The molecule has 0 aliphatic heterocycles. The third-order valence-electron chi connectivity index (χ3n) is 4.81. The molecule has 0 bridgehead atoms. The van der Waals surface area contributed by atoms with Crippen LogP contribution in [-0.4, -0.2) is 49.9 Å². The summed E-state index contributed by atoms with van der Waals surface area (Å²) in [4.78, 5) is 24.2. The molecule has 3 aromatic rings. The Kier molecular flexibility index (Phi) is 7.09. The number of benzene rings is 2. The summed E-state index contributed by atoms with van der Waals surface area (Å²) in [6, 6.07) is 16.3. The van der Waals surface area contributed by atoms with Gasteiger partial charge in [-0.1, -0.05) is 36.4 Å². The van der Waals surface area contributed by atoms with Gasteiger partial charge in [0, 0.05) is 38.9 Å². The van der Waals surface area contributed by atoms with Crippen LogP contribution in [0, 0.1) is 0 Å². The Morgan fingerprint density at radius 1 is 1.03 bits per heavy atom. The first-order valence-electron chi connectivity index (χ1n) is 9.75. The molecule has 0 saturated carbocycles. The number of amides is 1. The molecule has 8 nitrogen and oxygen atoms in total. The van der Waals surface area contributed by atoms with Crippen LogP contribution in [-0.2, 0) is 37.4 Å². The van der Waals surface area contributed by atoms with Crippen molar-refractivity contribution in [2.45, 2.75) is 24.4 Å². The number of aryl methyl sites for hydroxylation is 1. The predicted molar refractivity (Wildman–Crippen MR) is 117 cm³/mol. The van der Waals surface area contributed by atoms with Crippen molar-refractivity contribution in [3.8, 4) is 0 Å². The number of carbonyl (C=O) groups excluding carboxylic acids is 2. The van der Waals surface area contributed by atoms with E-state index in [1.165, 1.54) is 20.2 Å². The Balaban J connectivity index is 1.48. The Morgan fingerprint density at radius 3 is 2.52 bits per heavy atom. The van der Waals surface area contributed by atoms with Crippen LogP contribution in [0.15, 0.2) is 65.7 Å². The van der Waals surface area contributed by atoms with Gasteiger partial charge in [-0.25, -0.2) is 12.7 Å². The normalized spacial score (nSPS) is 11.6. The van der Waals surface area contributed by atoms with Gasteiger partial charge in [0.2, 0.25) is 10.0 Å². The van der Waals surface area contributed by atoms with Gasteiger partial charge in [-0.15, -0.1) is 0 Å². The predicted octanol–water partition coefficient (Wildman–Crippen LogP) is 2.14. The van der Waals surface area contributed by atoms with E-state index in [0.29, 0.717) is 12.1 Å². The smallest absolute Gasteiger partial charge is 0.308 e. The van der Waals surface area contributed by atoms with Crippen LogP contribution in [0.1, 0.15) is 12.0 Å². The lowest BCUT2D eigenvalue weighted by Crippen LogP contribution is -2.30. The van der Waals surface area contributed by atoms with Gasteiger partial charge in [-0.3, -0.25) is 9.59 Å². The molecule has 0 spiro atoms. The number of nitrogens with one attached hydrogen (secondary N) is 1. The summed E-state index contributed by atoms with van der Waals surface area (Å²) in [6.45, 7) is 0.0343. The van der Waals surface area contributed by atoms with Crippen molar-refractivity contribution in [3.05, 3.63) is 66.4 Å². The average molecular weight is 444 g/mol. The van der Waals surface area contributed by atoms with Crippen LogP contribution in [0.3, 0.4) is 0 Å². The molecule has 1 N–H and O–H groups in total. The van der Waals surface area contributed by atoms with E-state index in [-0.39, 0.29) is 17.9 Å². The topological polar surface area (TPSA) is 97.7 Å². The number of para-hydroxylation sites is 1. The molecule has 0 unspecified atom stereocenters. The summed E-state index contributed by atoms with van der Waals surface area (Å²) >= 11 is 0. The molecule has 0 fully saturated rings. The minimum absolute atomic E-state index is 0.00891. The Hall–Kier alpha value is -3.17. The number of carbonyl (C=O) groups is 2. The summed E-state index contributed by atoms with van der Waals surface area (Å²) in [5.41, 5.74) is 1.48. The summed E-state index contributed by atoms with van der Waals surface area (Å²) in [7, 11) is -0.741. The Labute approximate surface area is 181 Å². The van der Waals surface area contributed by atoms with Gasteiger partial charge in [0.25, 0.3) is 5.91 Å². The van der Waals surface area contributed by atoms with Crippen molar-refractivity contribution in [3.63, 3.8) is 0 Å². The zero-order valence-corrected chi connectivity index (χ0v) is 18.3. The lowest BCUT2D eigenvalue weighted by molar-refractivity contribution is -0.148. The molecular formula is C22H25N3O5S. The Bertz CT molecular complexity index is 1180. The quantitative estimate of drug-likeness (QED) is 0.511. The van der Waals surface area contributed by atoms with Crippen LogP contribution in [0.25, 0.3) is 10.9 Å². The minimum Gasteiger partial charge on any atom is -0.456 e. The van der Waals surface area contributed by atoms with Crippen molar-refractivity contribution >= 4 is 32.8 Å². The van der Waals surface area contributed by atoms with Crippen molar-refractivity contribution in [2.75, 3.05) is 20.7 Å². The SMILES string of the molecule is CN(C)S(=O)(=O)c1ccccc1CNC(=O)COC(=O)CCn1ccc2ccccc21. The molecule has 2 aromatic carbocycles. The molecule has 31 heavy (non-hydrogen) atoms. The maximum absolute atomic E-state index is 12.4. The fraction of sp³-hybridized carbons (Fsp3) is 0.273. The van der Waals surface area contributed by atoms with E-state index in [4.69, 9.17) is 4.74 Å². The molecule has 164 valence electrons. The number of aromatic nitrogens is 1. The standard InChI is InChI=1S/C22H25N3O5S/c1-24(2)31(28,29)20-10-6-4-8-18(20)15-23-21(26)16-30-22(27)12-14-25-13-11-17-7-3-5-9-19(17)25/h3-11,13H,12,14-16H2,1-2H3,(H,23,26). The average Bonchev–Trinajstić information content (AvgIpc) is 3.18. The van der Waals surface area contributed by atoms with E-state index in [2.05, 4.69) is 5.32 Å². The molecule has 0 aliphatic rings. The van der Waals surface area contributed by atoms with Gasteiger partial charge in [0.15, 0.2) is 6.61 Å². The number of sulfonamides is 1. The number of rotatable bonds is 9. The number of esters is 1. The number of hydrogen-bond donors (Lipinski definition) is 1. The van der Waals surface area contributed by atoms with Crippen LogP contribution in [0.4, 0.5) is 0 Å². The van der Waals surface area contributed by atoms with Gasteiger partial charge in [0.1, 0.15) is 0 Å². The molecule has 1 amide bonds. The first kappa shape index (κ1) is 22.5. The summed E-state index contributed by atoms with van der Waals surface area (Å²) in [6.07, 6.45) is 2.04. The first-order valence-corrected chi connectivity index (χ1v) is 11.2. The second-order valence-electron chi connectivity index (χ2n) is 7.15. The van der Waals surface area contributed by atoms with Gasteiger partial charge in [0.05, 0.1) is 11.3 Å². The van der Waals surface area contributed by atoms with Crippen LogP contribution in [0.5, 0.6) is 0 Å². The van der Waals surface area contributed by atoms with Crippen LogP contribution < -0.4 is 5.32 Å². The molecule has 3 rings (SSSR count). The minimum atomic E-state index is -3.63. The maximum atomic E-state index is 12.4. The summed E-state index contributed by atoms with van der Waals surface area (Å²) in [5.74, 6) is -0.986. The molecule has 1 heterocycles. The zero-order chi connectivity index (χ0) is 22.4. The highest BCUT2D eigenvalue weighted by atomic mass is 32.2. The zero-order valence-electron chi connectivity index (χ0n) is 17.4. The summed E-state index contributed by atoms with van der Waals surface area (Å²) in [5, 5.41) is 3.68. The van der Waals surface area contributed by atoms with Gasteiger partial charge in [-0.05, 0) is 29.1 Å². The lowest BCUT2D eigenvalue weighted by Gasteiger charge is -2.15. The highest BCUT2D eigenvalue weighted by Gasteiger charge is 2.21. The van der Waals surface area contributed by atoms with Crippen molar-refractivity contribution < 1.29 is 22.7 Å². The molecule has 1 aromatic heterocycles. The van der Waals surface area contributed by atoms with Gasteiger partial charge < -0.3 is 14.6 Å².